The molecule has 0 bridgehead atoms. The van der Waals surface area contributed by atoms with Crippen LogP contribution in [0.25, 0.3) is 11.0 Å². The van der Waals surface area contributed by atoms with E-state index in [1.807, 2.05) is 47.4 Å². The van der Waals surface area contributed by atoms with E-state index in [4.69, 9.17) is 14.0 Å². The lowest BCUT2D eigenvalue weighted by Gasteiger charge is -2.26. The minimum atomic E-state index is 0.0616. The monoisotopic (exact) mass is 364 g/mol. The first-order valence-corrected chi connectivity index (χ1v) is 9.32. The topological polar surface area (TPSA) is 64.8 Å². The Hall–Kier alpha value is -3.02. The van der Waals surface area contributed by atoms with Gasteiger partial charge in [0, 0.05) is 11.9 Å². The van der Waals surface area contributed by atoms with E-state index in [2.05, 4.69) is 5.16 Å². The number of fused-ring (bicyclic) bond motifs is 2. The Labute approximate surface area is 156 Å². The number of para-hydroxylation sites is 1. The van der Waals surface area contributed by atoms with Crippen molar-refractivity contribution in [3.63, 3.8) is 0 Å². The molecule has 3 aromatic rings. The van der Waals surface area contributed by atoms with Gasteiger partial charge in [0.25, 0.3) is 0 Å². The first-order chi connectivity index (χ1) is 13.3. The number of amides is 1. The molecule has 0 aliphatic carbocycles. The van der Waals surface area contributed by atoms with E-state index >= 15 is 0 Å². The Morgan fingerprint density at radius 1 is 1.11 bits per heavy atom. The number of ether oxygens (including phenoxy) is 2. The normalized spacial score (nSPS) is 18.8. The molecule has 1 amide bonds. The SMILES string of the molecule is O=C(Cc1noc2ccccc12)N1CCC[C@H]1c1ccc2c(c1)OCCO2. The molecule has 6 nitrogen and oxygen atoms in total. The molecule has 0 unspecified atom stereocenters. The Bertz CT molecular complexity index is 997. The highest BCUT2D eigenvalue weighted by molar-refractivity contribution is 5.86. The van der Waals surface area contributed by atoms with Crippen molar-refractivity contribution in [3.8, 4) is 11.5 Å². The van der Waals surface area contributed by atoms with Crippen molar-refractivity contribution in [1.29, 1.82) is 0 Å². The van der Waals surface area contributed by atoms with E-state index in [9.17, 15) is 4.79 Å². The highest BCUT2D eigenvalue weighted by Gasteiger charge is 2.31. The zero-order valence-corrected chi connectivity index (χ0v) is 14.9. The van der Waals surface area contributed by atoms with Crippen LogP contribution in [0.3, 0.4) is 0 Å². The van der Waals surface area contributed by atoms with E-state index in [1.54, 1.807) is 0 Å². The minimum Gasteiger partial charge on any atom is -0.486 e. The number of carbonyl (C=O) groups is 1. The summed E-state index contributed by atoms with van der Waals surface area (Å²) in [7, 11) is 0. The molecule has 0 saturated carbocycles. The van der Waals surface area contributed by atoms with Crippen LogP contribution < -0.4 is 9.47 Å². The van der Waals surface area contributed by atoms with Crippen molar-refractivity contribution >= 4 is 16.9 Å². The second-order valence-electron chi connectivity index (χ2n) is 6.95. The number of rotatable bonds is 3. The van der Waals surface area contributed by atoms with Crippen molar-refractivity contribution in [3.05, 3.63) is 53.7 Å². The maximum absolute atomic E-state index is 13.0. The summed E-state index contributed by atoms with van der Waals surface area (Å²) < 4.78 is 16.6. The quantitative estimate of drug-likeness (QED) is 0.712. The summed E-state index contributed by atoms with van der Waals surface area (Å²) in [5.74, 6) is 1.61. The molecule has 2 aromatic carbocycles. The van der Waals surface area contributed by atoms with E-state index in [0.717, 1.165) is 41.8 Å². The van der Waals surface area contributed by atoms with Gasteiger partial charge in [0.05, 0.1) is 12.5 Å². The molecular weight excluding hydrogens is 344 g/mol. The van der Waals surface area contributed by atoms with Gasteiger partial charge in [0.2, 0.25) is 5.91 Å². The van der Waals surface area contributed by atoms with Crippen LogP contribution >= 0.6 is 0 Å². The Morgan fingerprint density at radius 2 is 1.96 bits per heavy atom. The predicted octanol–water partition coefficient (Wildman–Crippen LogP) is 3.51. The van der Waals surface area contributed by atoms with Gasteiger partial charge in [-0.3, -0.25) is 4.79 Å². The van der Waals surface area contributed by atoms with Gasteiger partial charge in [-0.1, -0.05) is 23.4 Å². The number of nitrogens with zero attached hydrogens (tertiary/aromatic N) is 2. The second kappa shape index (κ2) is 6.61. The molecule has 27 heavy (non-hydrogen) atoms. The van der Waals surface area contributed by atoms with Crippen LogP contribution in [0.2, 0.25) is 0 Å². The summed E-state index contributed by atoms with van der Waals surface area (Å²) >= 11 is 0. The molecule has 0 spiro atoms. The maximum atomic E-state index is 13.0. The average Bonchev–Trinajstić information content (AvgIpc) is 3.35. The molecule has 3 heterocycles. The average molecular weight is 364 g/mol. The molecule has 0 N–H and O–H groups in total. The van der Waals surface area contributed by atoms with Crippen LogP contribution in [0.15, 0.2) is 47.0 Å². The van der Waals surface area contributed by atoms with Gasteiger partial charge in [0.15, 0.2) is 17.1 Å². The van der Waals surface area contributed by atoms with Crippen LogP contribution in [0.1, 0.15) is 30.1 Å². The van der Waals surface area contributed by atoms with Crippen LogP contribution in [0, 0.1) is 0 Å². The molecule has 0 radical (unpaired) electrons. The van der Waals surface area contributed by atoms with Crippen LogP contribution in [-0.4, -0.2) is 35.7 Å². The smallest absolute Gasteiger partial charge is 0.229 e. The third-order valence-corrected chi connectivity index (χ3v) is 5.29. The Morgan fingerprint density at radius 3 is 2.89 bits per heavy atom. The first kappa shape index (κ1) is 16.2. The fraction of sp³-hybridized carbons (Fsp3) is 0.333. The Balaban J connectivity index is 1.38. The molecule has 5 rings (SSSR count). The van der Waals surface area contributed by atoms with Gasteiger partial charge < -0.3 is 18.9 Å². The molecule has 138 valence electrons. The molecule has 1 atom stereocenters. The molecule has 1 saturated heterocycles. The lowest BCUT2D eigenvalue weighted by atomic mass is 10.0. The van der Waals surface area contributed by atoms with Crippen LogP contribution in [0.5, 0.6) is 11.5 Å². The maximum Gasteiger partial charge on any atom is 0.229 e. The summed E-state index contributed by atoms with van der Waals surface area (Å²) in [4.78, 5) is 15.0. The highest BCUT2D eigenvalue weighted by atomic mass is 16.6. The number of aromatic nitrogens is 1. The van der Waals surface area contributed by atoms with E-state index in [0.29, 0.717) is 24.5 Å². The second-order valence-corrected chi connectivity index (χ2v) is 6.95. The van der Waals surface area contributed by atoms with Gasteiger partial charge in [-0.05, 0) is 42.7 Å². The van der Waals surface area contributed by atoms with Crippen molar-refractivity contribution in [1.82, 2.24) is 10.1 Å². The number of carbonyl (C=O) groups excluding carboxylic acids is 1. The van der Waals surface area contributed by atoms with Gasteiger partial charge in [-0.15, -0.1) is 0 Å². The molecule has 1 fully saturated rings. The van der Waals surface area contributed by atoms with Gasteiger partial charge in [-0.2, -0.15) is 0 Å². The standard InChI is InChI=1S/C21H20N2O4/c24-21(13-16-15-4-1-2-6-18(15)27-22-16)23-9-3-5-17(23)14-7-8-19-20(12-14)26-11-10-25-19/h1-2,4,6-8,12,17H,3,5,9-11,13H2/t17-/m0/s1. The summed E-state index contributed by atoms with van der Waals surface area (Å²) in [6.45, 7) is 1.89. The van der Waals surface area contributed by atoms with Crippen molar-refractivity contribution in [2.24, 2.45) is 0 Å². The van der Waals surface area contributed by atoms with Gasteiger partial charge in [-0.25, -0.2) is 0 Å². The number of hydrogen-bond donors (Lipinski definition) is 0. The number of hydrogen-bond acceptors (Lipinski definition) is 5. The predicted molar refractivity (Wildman–Crippen MR) is 98.8 cm³/mol. The van der Waals surface area contributed by atoms with Gasteiger partial charge in [0.1, 0.15) is 18.9 Å². The summed E-state index contributed by atoms with van der Waals surface area (Å²) in [6.07, 6.45) is 2.19. The third kappa shape index (κ3) is 2.91. The lowest BCUT2D eigenvalue weighted by Crippen LogP contribution is -2.32. The van der Waals surface area contributed by atoms with Crippen molar-refractivity contribution in [2.45, 2.75) is 25.3 Å². The van der Waals surface area contributed by atoms with Crippen LogP contribution in [-0.2, 0) is 11.2 Å². The molecule has 2 aliphatic rings. The van der Waals surface area contributed by atoms with Gasteiger partial charge >= 0.3 is 0 Å². The fourth-order valence-electron chi connectivity index (χ4n) is 3.99. The highest BCUT2D eigenvalue weighted by Crippen LogP contribution is 2.38. The summed E-state index contributed by atoms with van der Waals surface area (Å²) in [5, 5.41) is 5.01. The first-order valence-electron chi connectivity index (χ1n) is 9.32. The fourth-order valence-corrected chi connectivity index (χ4v) is 3.99. The number of likely N-dealkylation sites (tertiary alicyclic amines) is 1. The Kier molecular flexibility index (Phi) is 3.96. The number of benzene rings is 2. The molecular formula is C21H20N2O4. The zero-order chi connectivity index (χ0) is 18.2. The minimum absolute atomic E-state index is 0.0616. The molecule has 2 aliphatic heterocycles. The summed E-state index contributed by atoms with van der Waals surface area (Å²) in [6, 6.07) is 13.7. The molecule has 1 aromatic heterocycles. The van der Waals surface area contributed by atoms with E-state index in [-0.39, 0.29) is 18.4 Å². The third-order valence-electron chi connectivity index (χ3n) is 5.29. The van der Waals surface area contributed by atoms with Crippen molar-refractivity contribution < 1.29 is 18.8 Å². The van der Waals surface area contributed by atoms with Crippen LogP contribution in [0.4, 0.5) is 0 Å². The van der Waals surface area contributed by atoms with E-state index < -0.39 is 0 Å². The zero-order valence-electron chi connectivity index (χ0n) is 14.9. The van der Waals surface area contributed by atoms with E-state index in [1.165, 1.54) is 0 Å². The largest absolute Gasteiger partial charge is 0.486 e. The molecule has 6 heteroatoms. The van der Waals surface area contributed by atoms with Crippen molar-refractivity contribution in [2.75, 3.05) is 19.8 Å². The summed E-state index contributed by atoms with van der Waals surface area (Å²) in [5.41, 5.74) is 2.50. The lowest BCUT2D eigenvalue weighted by molar-refractivity contribution is -0.131.